The van der Waals surface area contributed by atoms with Crippen molar-refractivity contribution < 1.29 is 0 Å². The van der Waals surface area contributed by atoms with Crippen LogP contribution in [0.5, 0.6) is 0 Å². The highest BCUT2D eigenvalue weighted by Crippen LogP contribution is 2.42. The summed E-state index contributed by atoms with van der Waals surface area (Å²) in [5.74, 6) is 0. The third-order valence-corrected chi connectivity index (χ3v) is 8.87. The van der Waals surface area contributed by atoms with E-state index in [4.69, 9.17) is 0 Å². The van der Waals surface area contributed by atoms with Crippen molar-refractivity contribution in [2.75, 3.05) is 0 Å². The smallest absolute Gasteiger partial charge is 0.0788 e. The molecule has 0 aliphatic rings. The molecule has 2 nitrogen and oxygen atoms in total. The Balaban J connectivity index is 1.48. The van der Waals surface area contributed by atoms with Crippen molar-refractivity contribution >= 4 is 43.6 Å². The molecule has 7 aromatic carbocycles. The van der Waals surface area contributed by atoms with E-state index in [9.17, 15) is 0 Å². The van der Waals surface area contributed by atoms with Crippen molar-refractivity contribution in [2.45, 2.75) is 0 Å². The fourth-order valence-electron chi connectivity index (χ4n) is 6.95. The zero-order valence-electron chi connectivity index (χ0n) is 24.1. The second-order valence-electron chi connectivity index (χ2n) is 11.4. The Morgan fingerprint density at radius 1 is 0.273 bits per heavy atom. The molecule has 0 amide bonds. The van der Waals surface area contributed by atoms with Gasteiger partial charge in [-0.25, -0.2) is 0 Å². The van der Waals surface area contributed by atoms with E-state index in [2.05, 4.69) is 179 Å². The van der Waals surface area contributed by atoms with Crippen molar-refractivity contribution in [3.8, 4) is 33.6 Å². The number of aromatic nitrogens is 2. The minimum atomic E-state index is 1.15. The first-order chi connectivity index (χ1) is 21.8. The minimum Gasteiger partial charge on any atom is -0.307 e. The molecule has 0 aliphatic heterocycles. The normalized spacial score (nSPS) is 11.6. The third-order valence-electron chi connectivity index (χ3n) is 8.87. The van der Waals surface area contributed by atoms with Gasteiger partial charge >= 0.3 is 0 Å². The van der Waals surface area contributed by atoms with E-state index in [0.29, 0.717) is 0 Å². The average Bonchev–Trinajstić information content (AvgIpc) is 3.62. The molecule has 0 radical (unpaired) electrons. The fraction of sp³-hybridized carbons (Fsp3) is 0. The topological polar surface area (TPSA) is 9.86 Å². The number of hydrogen-bond acceptors (Lipinski definition) is 0. The summed E-state index contributed by atoms with van der Waals surface area (Å²) in [6.45, 7) is 0. The van der Waals surface area contributed by atoms with Gasteiger partial charge in [0.15, 0.2) is 0 Å². The van der Waals surface area contributed by atoms with Crippen LogP contribution in [0.25, 0.3) is 77.2 Å². The summed E-state index contributed by atoms with van der Waals surface area (Å²) in [7, 11) is 0. The van der Waals surface area contributed by atoms with Crippen molar-refractivity contribution in [1.82, 2.24) is 9.13 Å². The molecule has 2 aromatic heterocycles. The largest absolute Gasteiger partial charge is 0.307 e. The van der Waals surface area contributed by atoms with E-state index in [1.807, 2.05) is 0 Å². The highest BCUT2D eigenvalue weighted by atomic mass is 15.0. The van der Waals surface area contributed by atoms with Crippen LogP contribution in [0.2, 0.25) is 0 Å². The zero-order chi connectivity index (χ0) is 29.0. The number of rotatable bonds is 4. The summed E-state index contributed by atoms with van der Waals surface area (Å²) in [5.41, 5.74) is 12.0. The van der Waals surface area contributed by atoms with Gasteiger partial charge in [-0.2, -0.15) is 0 Å². The lowest BCUT2D eigenvalue weighted by Gasteiger charge is -2.15. The second kappa shape index (κ2) is 9.86. The molecule has 0 saturated heterocycles. The summed E-state index contributed by atoms with van der Waals surface area (Å²) in [5, 5.41) is 5.01. The Hall–Kier alpha value is -5.86. The molecular formula is C42H28N2. The number of para-hydroxylation sites is 3. The molecular weight excluding hydrogens is 532 g/mol. The molecule has 44 heavy (non-hydrogen) atoms. The van der Waals surface area contributed by atoms with E-state index >= 15 is 0 Å². The Labute approximate surface area is 255 Å². The van der Waals surface area contributed by atoms with E-state index in [0.717, 1.165) is 11.4 Å². The van der Waals surface area contributed by atoms with Crippen LogP contribution in [0, 0.1) is 0 Å². The van der Waals surface area contributed by atoms with Gasteiger partial charge in [0.25, 0.3) is 0 Å². The van der Waals surface area contributed by atoms with E-state index < -0.39 is 0 Å². The summed E-state index contributed by atoms with van der Waals surface area (Å²) in [6, 6.07) is 61.4. The van der Waals surface area contributed by atoms with Crippen LogP contribution in [-0.2, 0) is 0 Å². The SMILES string of the molecule is c1ccc(-c2cc(-c3ccccc3)cc(-n3c4ccccc4c4ccc5c6ccccc6n(-c6ccccc6)c5c43)c2)cc1. The lowest BCUT2D eigenvalue weighted by molar-refractivity contribution is 1.15. The molecule has 0 aliphatic carbocycles. The van der Waals surface area contributed by atoms with Crippen LogP contribution in [0.1, 0.15) is 0 Å². The molecule has 0 N–H and O–H groups in total. The minimum absolute atomic E-state index is 1.15. The van der Waals surface area contributed by atoms with Gasteiger partial charge in [-0.15, -0.1) is 0 Å². The van der Waals surface area contributed by atoms with Crippen LogP contribution < -0.4 is 0 Å². The molecule has 0 unspecified atom stereocenters. The molecule has 0 atom stereocenters. The quantitative estimate of drug-likeness (QED) is 0.203. The first-order valence-electron chi connectivity index (χ1n) is 15.1. The Morgan fingerprint density at radius 2 is 0.682 bits per heavy atom. The molecule has 0 bridgehead atoms. The van der Waals surface area contributed by atoms with Gasteiger partial charge in [-0.05, 0) is 64.7 Å². The van der Waals surface area contributed by atoms with Gasteiger partial charge in [-0.1, -0.05) is 127 Å². The molecule has 0 saturated carbocycles. The van der Waals surface area contributed by atoms with Crippen LogP contribution >= 0.6 is 0 Å². The van der Waals surface area contributed by atoms with Crippen LogP contribution in [-0.4, -0.2) is 9.13 Å². The summed E-state index contributed by atoms with van der Waals surface area (Å²) < 4.78 is 4.94. The molecule has 9 aromatic rings. The van der Waals surface area contributed by atoms with Gasteiger partial charge < -0.3 is 9.13 Å². The maximum absolute atomic E-state index is 2.49. The van der Waals surface area contributed by atoms with Crippen molar-refractivity contribution in [2.24, 2.45) is 0 Å². The average molecular weight is 561 g/mol. The maximum atomic E-state index is 2.49. The first kappa shape index (κ1) is 24.7. The highest BCUT2D eigenvalue weighted by Gasteiger charge is 2.21. The highest BCUT2D eigenvalue weighted by molar-refractivity contribution is 6.23. The monoisotopic (exact) mass is 560 g/mol. The number of nitrogens with zero attached hydrogens (tertiary/aromatic N) is 2. The van der Waals surface area contributed by atoms with Crippen LogP contribution in [0.3, 0.4) is 0 Å². The first-order valence-corrected chi connectivity index (χ1v) is 15.1. The lowest BCUT2D eigenvalue weighted by atomic mass is 9.98. The Morgan fingerprint density at radius 3 is 1.18 bits per heavy atom. The standard InChI is InChI=1S/C42H28N2/c1-4-14-29(15-5-1)31-26-32(30-16-6-2-7-17-30)28-34(27-31)44-40-23-13-11-21-36(40)38-25-24-37-35-20-10-12-22-39(35)43(41(37)42(38)44)33-18-8-3-9-19-33/h1-28H. The van der Waals surface area contributed by atoms with Gasteiger partial charge in [0, 0.05) is 32.9 Å². The fourth-order valence-corrected chi connectivity index (χ4v) is 6.95. The molecule has 0 fully saturated rings. The summed E-state index contributed by atoms with van der Waals surface area (Å²) in [6.07, 6.45) is 0. The molecule has 0 spiro atoms. The molecule has 9 rings (SSSR count). The predicted molar refractivity (Wildman–Crippen MR) is 186 cm³/mol. The van der Waals surface area contributed by atoms with E-state index in [-0.39, 0.29) is 0 Å². The van der Waals surface area contributed by atoms with Gasteiger partial charge in [-0.3, -0.25) is 0 Å². The van der Waals surface area contributed by atoms with Crippen molar-refractivity contribution in [1.29, 1.82) is 0 Å². The van der Waals surface area contributed by atoms with Gasteiger partial charge in [0.2, 0.25) is 0 Å². The van der Waals surface area contributed by atoms with E-state index in [1.165, 1.54) is 65.9 Å². The van der Waals surface area contributed by atoms with E-state index in [1.54, 1.807) is 0 Å². The summed E-state index contributed by atoms with van der Waals surface area (Å²) in [4.78, 5) is 0. The number of fused-ring (bicyclic) bond motifs is 7. The second-order valence-corrected chi connectivity index (χ2v) is 11.4. The Kier molecular flexibility index (Phi) is 5.54. The molecule has 2 heterocycles. The zero-order valence-corrected chi connectivity index (χ0v) is 24.1. The van der Waals surface area contributed by atoms with Gasteiger partial charge in [0.05, 0.1) is 22.1 Å². The lowest BCUT2D eigenvalue weighted by Crippen LogP contribution is -1.99. The van der Waals surface area contributed by atoms with Crippen LogP contribution in [0.4, 0.5) is 0 Å². The maximum Gasteiger partial charge on any atom is 0.0788 e. The Bertz CT molecular complexity index is 2410. The van der Waals surface area contributed by atoms with Crippen molar-refractivity contribution in [3.05, 3.63) is 170 Å². The summed E-state index contributed by atoms with van der Waals surface area (Å²) >= 11 is 0. The molecule has 2 heteroatoms. The van der Waals surface area contributed by atoms with Crippen molar-refractivity contribution in [3.63, 3.8) is 0 Å². The van der Waals surface area contributed by atoms with Gasteiger partial charge in [0.1, 0.15) is 0 Å². The predicted octanol–water partition coefficient (Wildman–Crippen LogP) is 11.2. The van der Waals surface area contributed by atoms with Crippen LogP contribution in [0.15, 0.2) is 170 Å². The molecule has 206 valence electrons. The number of benzene rings is 7. The third kappa shape index (κ3) is 3.75. The number of hydrogen-bond donors (Lipinski definition) is 0.